The van der Waals surface area contributed by atoms with Crippen LogP contribution in [0.3, 0.4) is 0 Å². The molecule has 0 aliphatic rings. The van der Waals surface area contributed by atoms with Crippen molar-refractivity contribution in [3.05, 3.63) is 35.4 Å². The van der Waals surface area contributed by atoms with E-state index in [4.69, 9.17) is 5.11 Å². The molecule has 0 aliphatic heterocycles. The SMILES string of the molecule is CCCc1ccc(C(CSCCO)NCC)cc1. The van der Waals surface area contributed by atoms with Crippen LogP contribution in [0.25, 0.3) is 0 Å². The second kappa shape index (κ2) is 9.42. The number of benzene rings is 1. The summed E-state index contributed by atoms with van der Waals surface area (Å²) in [4.78, 5) is 0. The number of aliphatic hydroxyl groups excluding tert-OH is 1. The van der Waals surface area contributed by atoms with Crippen LogP contribution >= 0.6 is 11.8 Å². The summed E-state index contributed by atoms with van der Waals surface area (Å²) in [5.74, 6) is 1.83. The molecule has 2 nitrogen and oxygen atoms in total. The lowest BCUT2D eigenvalue weighted by atomic mass is 10.0. The van der Waals surface area contributed by atoms with Crippen molar-refractivity contribution >= 4 is 11.8 Å². The molecule has 1 rings (SSSR count). The van der Waals surface area contributed by atoms with Gasteiger partial charge in [-0.25, -0.2) is 0 Å². The maximum Gasteiger partial charge on any atom is 0.0521 e. The predicted molar refractivity (Wildman–Crippen MR) is 81.3 cm³/mol. The summed E-state index contributed by atoms with van der Waals surface area (Å²) in [6.07, 6.45) is 2.35. The molecule has 2 N–H and O–H groups in total. The van der Waals surface area contributed by atoms with Gasteiger partial charge in [0, 0.05) is 17.5 Å². The van der Waals surface area contributed by atoms with Gasteiger partial charge in [-0.15, -0.1) is 0 Å². The van der Waals surface area contributed by atoms with Gasteiger partial charge in [0.1, 0.15) is 0 Å². The van der Waals surface area contributed by atoms with Crippen LogP contribution in [0.2, 0.25) is 0 Å². The van der Waals surface area contributed by atoms with E-state index in [2.05, 4.69) is 43.4 Å². The van der Waals surface area contributed by atoms with Crippen molar-refractivity contribution in [3.8, 4) is 0 Å². The lowest BCUT2D eigenvalue weighted by molar-refractivity contribution is 0.322. The van der Waals surface area contributed by atoms with E-state index in [0.717, 1.165) is 24.5 Å². The first-order valence-corrected chi connectivity index (χ1v) is 7.98. The van der Waals surface area contributed by atoms with Crippen molar-refractivity contribution in [1.82, 2.24) is 5.32 Å². The fraction of sp³-hybridized carbons (Fsp3) is 0.600. The molecule has 0 saturated carbocycles. The molecule has 0 spiro atoms. The van der Waals surface area contributed by atoms with Crippen molar-refractivity contribution in [2.45, 2.75) is 32.7 Å². The Bertz CT molecular complexity index is 313. The molecule has 0 radical (unpaired) electrons. The third-order valence-corrected chi connectivity index (χ3v) is 3.93. The Hall–Kier alpha value is -0.510. The van der Waals surface area contributed by atoms with Gasteiger partial charge in [0.15, 0.2) is 0 Å². The van der Waals surface area contributed by atoms with Crippen LogP contribution in [0.4, 0.5) is 0 Å². The minimum absolute atomic E-state index is 0.263. The summed E-state index contributed by atoms with van der Waals surface area (Å²) < 4.78 is 0. The second-order valence-electron chi connectivity index (χ2n) is 4.40. The van der Waals surface area contributed by atoms with Gasteiger partial charge in [-0.1, -0.05) is 44.5 Å². The van der Waals surface area contributed by atoms with Crippen LogP contribution in [-0.2, 0) is 6.42 Å². The zero-order chi connectivity index (χ0) is 13.2. The van der Waals surface area contributed by atoms with E-state index in [1.807, 2.05) is 0 Å². The normalized spacial score (nSPS) is 12.6. The molecule has 0 bridgehead atoms. The maximum absolute atomic E-state index is 8.83. The number of hydrogen-bond donors (Lipinski definition) is 2. The number of aliphatic hydroxyl groups is 1. The Morgan fingerprint density at radius 2 is 1.94 bits per heavy atom. The van der Waals surface area contributed by atoms with Crippen molar-refractivity contribution < 1.29 is 5.11 Å². The summed E-state index contributed by atoms with van der Waals surface area (Å²) in [6.45, 7) is 5.58. The van der Waals surface area contributed by atoms with E-state index in [1.165, 1.54) is 17.5 Å². The minimum Gasteiger partial charge on any atom is -0.396 e. The Morgan fingerprint density at radius 3 is 2.50 bits per heavy atom. The van der Waals surface area contributed by atoms with E-state index in [0.29, 0.717) is 6.04 Å². The third kappa shape index (κ3) is 5.42. The predicted octanol–water partition coefficient (Wildman–Crippen LogP) is 3.02. The molecule has 1 atom stereocenters. The molecule has 18 heavy (non-hydrogen) atoms. The molecule has 102 valence electrons. The largest absolute Gasteiger partial charge is 0.396 e. The van der Waals surface area contributed by atoms with Crippen LogP contribution in [0.15, 0.2) is 24.3 Å². The first kappa shape index (κ1) is 15.5. The smallest absolute Gasteiger partial charge is 0.0521 e. The number of hydrogen-bond acceptors (Lipinski definition) is 3. The fourth-order valence-electron chi connectivity index (χ4n) is 1.99. The number of aryl methyl sites for hydroxylation is 1. The van der Waals surface area contributed by atoms with E-state index in [-0.39, 0.29) is 6.61 Å². The summed E-state index contributed by atoms with van der Waals surface area (Å²) >= 11 is 1.80. The van der Waals surface area contributed by atoms with Gasteiger partial charge in [-0.3, -0.25) is 0 Å². The molecule has 0 fully saturated rings. The Balaban J connectivity index is 2.60. The molecule has 0 heterocycles. The van der Waals surface area contributed by atoms with Gasteiger partial charge in [0.25, 0.3) is 0 Å². The Kier molecular flexibility index (Phi) is 8.14. The lowest BCUT2D eigenvalue weighted by Gasteiger charge is -2.18. The van der Waals surface area contributed by atoms with E-state index in [9.17, 15) is 0 Å². The minimum atomic E-state index is 0.263. The Morgan fingerprint density at radius 1 is 1.22 bits per heavy atom. The van der Waals surface area contributed by atoms with Gasteiger partial charge in [-0.05, 0) is 24.1 Å². The molecule has 1 unspecified atom stereocenters. The molecule has 0 aromatic heterocycles. The van der Waals surface area contributed by atoms with Crippen LogP contribution in [-0.4, -0.2) is 29.8 Å². The quantitative estimate of drug-likeness (QED) is 0.675. The lowest BCUT2D eigenvalue weighted by Crippen LogP contribution is -2.23. The molecular weight excluding hydrogens is 242 g/mol. The highest BCUT2D eigenvalue weighted by Crippen LogP contribution is 2.19. The van der Waals surface area contributed by atoms with Gasteiger partial charge < -0.3 is 10.4 Å². The highest BCUT2D eigenvalue weighted by atomic mass is 32.2. The molecule has 1 aromatic carbocycles. The summed E-state index contributed by atoms with van der Waals surface area (Å²) in [5, 5.41) is 12.3. The van der Waals surface area contributed by atoms with Crippen LogP contribution in [0, 0.1) is 0 Å². The summed E-state index contributed by atoms with van der Waals surface area (Å²) in [6, 6.07) is 9.33. The maximum atomic E-state index is 8.83. The van der Waals surface area contributed by atoms with Crippen LogP contribution in [0.5, 0.6) is 0 Å². The van der Waals surface area contributed by atoms with Crippen molar-refractivity contribution in [2.24, 2.45) is 0 Å². The molecule has 0 saturated heterocycles. The highest BCUT2D eigenvalue weighted by Gasteiger charge is 2.09. The molecular formula is C15H25NOS. The van der Waals surface area contributed by atoms with Crippen LogP contribution in [0.1, 0.15) is 37.4 Å². The van der Waals surface area contributed by atoms with E-state index in [1.54, 1.807) is 11.8 Å². The Labute approximate surface area is 115 Å². The van der Waals surface area contributed by atoms with E-state index < -0.39 is 0 Å². The number of thioether (sulfide) groups is 1. The third-order valence-electron chi connectivity index (χ3n) is 2.89. The van der Waals surface area contributed by atoms with E-state index >= 15 is 0 Å². The van der Waals surface area contributed by atoms with Crippen molar-refractivity contribution in [3.63, 3.8) is 0 Å². The highest BCUT2D eigenvalue weighted by molar-refractivity contribution is 7.99. The number of rotatable bonds is 9. The van der Waals surface area contributed by atoms with Gasteiger partial charge >= 0.3 is 0 Å². The molecule has 0 aliphatic carbocycles. The summed E-state index contributed by atoms with van der Waals surface area (Å²) in [7, 11) is 0. The first-order valence-electron chi connectivity index (χ1n) is 6.82. The standard InChI is InChI=1S/C15H25NOS/c1-3-5-13-6-8-14(9-7-13)15(16-4-2)12-18-11-10-17/h6-9,15-17H,3-5,10-12H2,1-2H3. The molecule has 3 heteroatoms. The topological polar surface area (TPSA) is 32.3 Å². The fourth-order valence-corrected chi connectivity index (χ4v) is 2.83. The van der Waals surface area contributed by atoms with Crippen molar-refractivity contribution in [1.29, 1.82) is 0 Å². The monoisotopic (exact) mass is 267 g/mol. The van der Waals surface area contributed by atoms with Crippen molar-refractivity contribution in [2.75, 3.05) is 24.7 Å². The van der Waals surface area contributed by atoms with Crippen LogP contribution < -0.4 is 5.32 Å². The van der Waals surface area contributed by atoms with Gasteiger partial charge in [0.05, 0.1) is 6.61 Å². The van der Waals surface area contributed by atoms with Gasteiger partial charge in [-0.2, -0.15) is 11.8 Å². The molecule has 1 aromatic rings. The first-order chi connectivity index (χ1) is 8.81. The average Bonchev–Trinajstić information content (AvgIpc) is 2.39. The van der Waals surface area contributed by atoms with Gasteiger partial charge in [0.2, 0.25) is 0 Å². The number of nitrogens with one attached hydrogen (secondary N) is 1. The zero-order valence-electron chi connectivity index (χ0n) is 11.5. The average molecular weight is 267 g/mol. The molecule has 0 amide bonds. The summed E-state index contributed by atoms with van der Waals surface area (Å²) in [5.41, 5.74) is 2.77. The zero-order valence-corrected chi connectivity index (χ0v) is 12.3. The second-order valence-corrected chi connectivity index (χ2v) is 5.55.